The zero-order valence-corrected chi connectivity index (χ0v) is 11.7. The van der Waals surface area contributed by atoms with E-state index in [1.165, 1.54) is 13.2 Å². The maximum Gasteiger partial charge on any atom is 0.387 e. The normalized spacial score (nSPS) is 10.6. The van der Waals surface area contributed by atoms with Crippen molar-refractivity contribution in [2.75, 3.05) is 7.11 Å². The van der Waals surface area contributed by atoms with E-state index >= 15 is 0 Å². The number of alkyl halides is 3. The highest BCUT2D eigenvalue weighted by Crippen LogP contribution is 2.31. The summed E-state index contributed by atoms with van der Waals surface area (Å²) in [4.78, 5) is 11.2. The summed E-state index contributed by atoms with van der Waals surface area (Å²) < 4.78 is 33.6. The average Bonchev–Trinajstić information content (AvgIpc) is 2.32. The average molecular weight is 344 g/mol. The number of carbonyl (C=O) groups is 1. The number of benzene rings is 1. The van der Waals surface area contributed by atoms with Crippen LogP contribution in [0, 0.1) is 0 Å². The summed E-state index contributed by atoms with van der Waals surface area (Å²) in [7, 11) is 1.25. The summed E-state index contributed by atoms with van der Waals surface area (Å²) in [5, 5.41) is 0. The number of carbonyl (C=O) groups excluding carboxylic acids is 1. The Hall–Kier alpha value is -0.880. The number of rotatable bonds is 5. The van der Waals surface area contributed by atoms with Gasteiger partial charge < -0.3 is 9.47 Å². The molecular formula is C11H10BrClF2O3. The Labute approximate surface area is 116 Å². The maximum absolute atomic E-state index is 12.2. The Bertz CT molecular complexity index is 441. The van der Waals surface area contributed by atoms with Crippen LogP contribution in [0.3, 0.4) is 0 Å². The van der Waals surface area contributed by atoms with E-state index in [4.69, 9.17) is 11.6 Å². The largest absolute Gasteiger partial charge is 0.469 e. The molecule has 0 saturated heterocycles. The smallest absolute Gasteiger partial charge is 0.387 e. The van der Waals surface area contributed by atoms with E-state index in [-0.39, 0.29) is 18.1 Å². The molecular weight excluding hydrogens is 333 g/mol. The Kier molecular flexibility index (Phi) is 5.81. The van der Waals surface area contributed by atoms with Crippen molar-refractivity contribution in [3.05, 3.63) is 27.7 Å². The highest BCUT2D eigenvalue weighted by molar-refractivity contribution is 9.10. The number of hydrogen-bond acceptors (Lipinski definition) is 3. The summed E-state index contributed by atoms with van der Waals surface area (Å²) in [5.41, 5.74) is 1.14. The predicted octanol–water partition coefficient (Wildman–Crippen LogP) is 3.50. The second-order valence-corrected chi connectivity index (χ2v) is 4.44. The fourth-order valence-electron chi connectivity index (χ4n) is 1.34. The van der Waals surface area contributed by atoms with Gasteiger partial charge in [-0.3, -0.25) is 4.79 Å². The lowest BCUT2D eigenvalue weighted by Crippen LogP contribution is -2.08. The van der Waals surface area contributed by atoms with Gasteiger partial charge in [0.1, 0.15) is 5.75 Å². The van der Waals surface area contributed by atoms with Gasteiger partial charge in [-0.25, -0.2) is 0 Å². The van der Waals surface area contributed by atoms with Crippen LogP contribution in [0.1, 0.15) is 11.1 Å². The number of esters is 1. The van der Waals surface area contributed by atoms with Crippen LogP contribution in [0.15, 0.2) is 16.6 Å². The molecule has 1 aromatic rings. The van der Waals surface area contributed by atoms with Gasteiger partial charge in [-0.1, -0.05) is 0 Å². The van der Waals surface area contributed by atoms with Gasteiger partial charge in [0.15, 0.2) is 0 Å². The molecule has 0 fully saturated rings. The first kappa shape index (κ1) is 15.2. The van der Waals surface area contributed by atoms with Crippen LogP contribution in [0.4, 0.5) is 8.78 Å². The molecule has 0 spiro atoms. The lowest BCUT2D eigenvalue weighted by Gasteiger charge is -2.12. The van der Waals surface area contributed by atoms with E-state index < -0.39 is 12.6 Å². The monoisotopic (exact) mass is 342 g/mol. The molecule has 7 heteroatoms. The van der Waals surface area contributed by atoms with Crippen molar-refractivity contribution in [2.24, 2.45) is 0 Å². The molecule has 0 aliphatic rings. The first-order valence-electron chi connectivity index (χ1n) is 4.86. The first-order valence-corrected chi connectivity index (χ1v) is 6.19. The second-order valence-electron chi connectivity index (χ2n) is 3.32. The van der Waals surface area contributed by atoms with Crippen LogP contribution >= 0.6 is 27.5 Å². The van der Waals surface area contributed by atoms with Gasteiger partial charge in [-0.2, -0.15) is 8.78 Å². The van der Waals surface area contributed by atoms with Gasteiger partial charge in [0.05, 0.1) is 18.0 Å². The first-order chi connectivity index (χ1) is 8.47. The Morgan fingerprint density at radius 1 is 1.44 bits per heavy atom. The van der Waals surface area contributed by atoms with Gasteiger partial charge in [0.2, 0.25) is 0 Å². The van der Waals surface area contributed by atoms with Crippen molar-refractivity contribution in [2.45, 2.75) is 18.9 Å². The topological polar surface area (TPSA) is 35.5 Å². The van der Waals surface area contributed by atoms with Crippen LogP contribution in [-0.2, 0) is 21.8 Å². The summed E-state index contributed by atoms with van der Waals surface area (Å²) in [6.45, 7) is -2.94. The van der Waals surface area contributed by atoms with Crippen LogP contribution in [0.2, 0.25) is 0 Å². The van der Waals surface area contributed by atoms with Crippen molar-refractivity contribution in [3.8, 4) is 5.75 Å². The van der Waals surface area contributed by atoms with Crippen molar-refractivity contribution in [1.29, 1.82) is 0 Å². The summed E-state index contributed by atoms with van der Waals surface area (Å²) in [6.07, 6.45) is -0.0502. The molecule has 1 rings (SSSR count). The molecule has 0 aliphatic carbocycles. The molecule has 0 atom stereocenters. The molecule has 3 nitrogen and oxygen atoms in total. The predicted molar refractivity (Wildman–Crippen MR) is 66.1 cm³/mol. The van der Waals surface area contributed by atoms with E-state index in [0.717, 1.165) is 0 Å². The number of ether oxygens (including phenoxy) is 2. The molecule has 0 aromatic heterocycles. The van der Waals surface area contributed by atoms with E-state index in [1.54, 1.807) is 6.07 Å². The minimum absolute atomic E-state index is 0.0437. The van der Waals surface area contributed by atoms with Gasteiger partial charge in [0.25, 0.3) is 0 Å². The molecule has 0 unspecified atom stereocenters. The molecule has 0 amide bonds. The molecule has 0 N–H and O–H groups in total. The van der Waals surface area contributed by atoms with E-state index in [2.05, 4.69) is 25.4 Å². The van der Waals surface area contributed by atoms with Gasteiger partial charge in [-0.15, -0.1) is 11.6 Å². The van der Waals surface area contributed by atoms with Crippen molar-refractivity contribution in [3.63, 3.8) is 0 Å². The molecule has 18 heavy (non-hydrogen) atoms. The lowest BCUT2D eigenvalue weighted by molar-refractivity contribution is -0.139. The third kappa shape index (κ3) is 4.10. The van der Waals surface area contributed by atoms with Gasteiger partial charge >= 0.3 is 12.6 Å². The van der Waals surface area contributed by atoms with E-state index in [9.17, 15) is 13.6 Å². The standard InChI is InChI=1S/C11H10BrClF2O3/c1-17-10(16)4-6-3-9(18-11(14)15)8(12)2-7(6)5-13/h2-3,11H,4-5H2,1H3. The minimum atomic E-state index is -2.94. The van der Waals surface area contributed by atoms with Gasteiger partial charge in [0, 0.05) is 5.88 Å². The van der Waals surface area contributed by atoms with Crippen LogP contribution < -0.4 is 4.74 Å². The SMILES string of the molecule is COC(=O)Cc1cc(OC(F)F)c(Br)cc1CCl. The Morgan fingerprint density at radius 3 is 2.61 bits per heavy atom. The highest BCUT2D eigenvalue weighted by Gasteiger charge is 2.15. The lowest BCUT2D eigenvalue weighted by atomic mass is 10.1. The van der Waals surface area contributed by atoms with Crippen LogP contribution in [0.25, 0.3) is 0 Å². The molecule has 100 valence electrons. The molecule has 0 aliphatic heterocycles. The fourth-order valence-corrected chi connectivity index (χ4v) is 2.07. The third-order valence-electron chi connectivity index (χ3n) is 2.18. The summed E-state index contributed by atoms with van der Waals surface area (Å²) in [5.74, 6) is -0.371. The number of hydrogen-bond donors (Lipinski definition) is 0. The summed E-state index contributed by atoms with van der Waals surface area (Å²) >= 11 is 8.83. The zero-order chi connectivity index (χ0) is 13.7. The third-order valence-corrected chi connectivity index (χ3v) is 3.08. The summed E-state index contributed by atoms with van der Waals surface area (Å²) in [6, 6.07) is 2.90. The molecule has 0 saturated carbocycles. The quantitative estimate of drug-likeness (QED) is 0.606. The van der Waals surface area contributed by atoms with E-state index in [0.29, 0.717) is 15.6 Å². The highest BCUT2D eigenvalue weighted by atomic mass is 79.9. The number of methoxy groups -OCH3 is 1. The zero-order valence-electron chi connectivity index (χ0n) is 9.38. The Balaban J connectivity index is 3.09. The maximum atomic E-state index is 12.2. The molecule has 1 aromatic carbocycles. The molecule has 0 radical (unpaired) electrons. The van der Waals surface area contributed by atoms with Crippen molar-refractivity contribution < 1.29 is 23.0 Å². The Morgan fingerprint density at radius 2 is 2.11 bits per heavy atom. The second kappa shape index (κ2) is 6.89. The fraction of sp³-hybridized carbons (Fsp3) is 0.364. The number of halogens is 4. The van der Waals surface area contributed by atoms with Crippen LogP contribution in [0.5, 0.6) is 5.75 Å². The van der Waals surface area contributed by atoms with Crippen molar-refractivity contribution >= 4 is 33.5 Å². The van der Waals surface area contributed by atoms with Crippen molar-refractivity contribution in [1.82, 2.24) is 0 Å². The van der Waals surface area contributed by atoms with Gasteiger partial charge in [-0.05, 0) is 39.2 Å². The van der Waals surface area contributed by atoms with E-state index in [1.807, 2.05) is 0 Å². The molecule has 0 bridgehead atoms. The molecule has 0 heterocycles. The van der Waals surface area contributed by atoms with Crippen LogP contribution in [-0.4, -0.2) is 19.7 Å². The minimum Gasteiger partial charge on any atom is -0.469 e.